The number of hydrogen-bond acceptors (Lipinski definition) is 7. The number of aliphatic carboxylic acids is 3. The number of carbonyl (C=O) groups is 4. The van der Waals surface area contributed by atoms with E-state index in [2.05, 4.69) is 23.6 Å². The topological polar surface area (TPSA) is 159 Å². The second-order valence-electron chi connectivity index (χ2n) is 10.1. The van der Waals surface area contributed by atoms with Crippen molar-refractivity contribution in [3.05, 3.63) is 28.8 Å². The minimum atomic E-state index is -2.74. The second kappa shape index (κ2) is 15.0. The van der Waals surface area contributed by atoms with Gasteiger partial charge in [0.25, 0.3) is 5.91 Å². The van der Waals surface area contributed by atoms with Gasteiger partial charge in [-0.05, 0) is 50.0 Å². The van der Waals surface area contributed by atoms with E-state index >= 15 is 0 Å². The maximum atomic E-state index is 13.0. The molecule has 1 heterocycles. The number of anilines is 1. The largest absolute Gasteiger partial charge is 0.481 e. The van der Waals surface area contributed by atoms with Gasteiger partial charge >= 0.3 is 17.9 Å². The molecule has 1 amide bonds. The highest BCUT2D eigenvalue weighted by Crippen LogP contribution is 2.33. The van der Waals surface area contributed by atoms with E-state index in [0.717, 1.165) is 49.9 Å². The number of rotatable bonds is 12. The van der Waals surface area contributed by atoms with Crippen LogP contribution in [0.2, 0.25) is 5.02 Å². The highest BCUT2D eigenvalue weighted by Gasteiger charge is 2.40. The monoisotopic (exact) mass is 569 g/mol. The van der Waals surface area contributed by atoms with Gasteiger partial charge in [-0.1, -0.05) is 44.7 Å². The molecule has 2 aliphatic rings. The molecule has 11 nitrogen and oxygen atoms in total. The molecule has 1 saturated carbocycles. The van der Waals surface area contributed by atoms with Gasteiger partial charge in [-0.15, -0.1) is 0 Å². The summed E-state index contributed by atoms with van der Waals surface area (Å²) in [5, 5.41) is 34.5. The van der Waals surface area contributed by atoms with Gasteiger partial charge in [-0.3, -0.25) is 14.4 Å². The van der Waals surface area contributed by atoms with Crippen molar-refractivity contribution in [2.45, 2.75) is 64.4 Å². The number of benzene rings is 1. The molecule has 0 saturated heterocycles. The molecule has 4 N–H and O–H groups in total. The van der Waals surface area contributed by atoms with Gasteiger partial charge in [0.15, 0.2) is 5.60 Å². The number of amides is 1. The Hall–Kier alpha value is -2.89. The van der Waals surface area contributed by atoms with Crippen LogP contribution in [-0.2, 0) is 14.4 Å². The van der Waals surface area contributed by atoms with Crippen molar-refractivity contribution in [2.75, 3.05) is 44.3 Å². The minimum Gasteiger partial charge on any atom is -0.481 e. The number of carbonyl (C=O) groups excluding carboxylic acids is 1. The molecule has 12 heteroatoms. The maximum absolute atomic E-state index is 13.0. The van der Waals surface area contributed by atoms with E-state index in [4.69, 9.17) is 32.0 Å². The summed E-state index contributed by atoms with van der Waals surface area (Å²) < 4.78 is 0. The number of nitrogens with zero attached hydrogens (tertiary/aromatic N) is 3. The van der Waals surface area contributed by atoms with Gasteiger partial charge in [-0.2, -0.15) is 0 Å². The quantitative estimate of drug-likeness (QED) is 0.294. The number of fused-ring (bicyclic) bond motifs is 1. The smallest absolute Gasteiger partial charge is 0.336 e. The third-order valence-corrected chi connectivity index (χ3v) is 7.46. The number of carboxylic acid groups (broad SMARTS) is 3. The first-order valence-corrected chi connectivity index (χ1v) is 13.7. The number of halogens is 1. The van der Waals surface area contributed by atoms with Crippen molar-refractivity contribution in [2.24, 2.45) is 5.92 Å². The summed E-state index contributed by atoms with van der Waals surface area (Å²) in [6.07, 6.45) is 4.40. The Morgan fingerprint density at radius 3 is 2.10 bits per heavy atom. The summed E-state index contributed by atoms with van der Waals surface area (Å²) >= 11 is 6.20. The molecule has 0 spiro atoms. The third kappa shape index (κ3) is 9.66. The van der Waals surface area contributed by atoms with Crippen LogP contribution in [-0.4, -0.2) is 99.0 Å². The predicted molar refractivity (Wildman–Crippen MR) is 146 cm³/mol. The van der Waals surface area contributed by atoms with E-state index in [1.54, 1.807) is 0 Å². The molecule has 1 aromatic rings. The van der Waals surface area contributed by atoms with Crippen molar-refractivity contribution in [3.8, 4) is 0 Å². The highest BCUT2D eigenvalue weighted by molar-refractivity contribution is 6.31. The first-order valence-electron chi connectivity index (χ1n) is 13.4. The normalized spacial score (nSPS) is 16.0. The first-order chi connectivity index (χ1) is 18.4. The molecule has 1 aliphatic heterocycles. The summed E-state index contributed by atoms with van der Waals surface area (Å²) in [6, 6.07) is 5.78. The average Bonchev–Trinajstić information content (AvgIpc) is 2.87. The molecule has 1 fully saturated rings. The Bertz CT molecular complexity index is 995. The Morgan fingerprint density at radius 2 is 1.59 bits per heavy atom. The van der Waals surface area contributed by atoms with Crippen LogP contribution in [0.5, 0.6) is 0 Å². The van der Waals surface area contributed by atoms with E-state index in [1.807, 2.05) is 23.1 Å². The minimum absolute atomic E-state index is 0.120. The van der Waals surface area contributed by atoms with Crippen LogP contribution in [0.3, 0.4) is 0 Å². The lowest BCUT2D eigenvalue weighted by Crippen LogP contribution is -2.50. The molecule has 218 valence electrons. The van der Waals surface area contributed by atoms with Crippen molar-refractivity contribution in [1.29, 1.82) is 0 Å². The van der Waals surface area contributed by atoms with Crippen LogP contribution in [0.15, 0.2) is 18.2 Å². The Morgan fingerprint density at radius 1 is 1.00 bits per heavy atom. The first kappa shape index (κ1) is 32.3. The summed E-state index contributed by atoms with van der Waals surface area (Å²) in [7, 11) is 0. The van der Waals surface area contributed by atoms with Crippen LogP contribution in [0.4, 0.5) is 5.69 Å². The summed E-state index contributed by atoms with van der Waals surface area (Å²) in [4.78, 5) is 50.3. The maximum Gasteiger partial charge on any atom is 0.336 e. The molecule has 0 atom stereocenters. The molecule has 1 aromatic carbocycles. The Kier molecular flexibility index (Phi) is 12.5. The molecule has 3 rings (SSSR count). The highest BCUT2D eigenvalue weighted by atomic mass is 35.5. The Labute approximate surface area is 233 Å². The van der Waals surface area contributed by atoms with Gasteiger partial charge in [-0.25, -0.2) is 4.79 Å². The predicted octanol–water partition coefficient (Wildman–Crippen LogP) is 3.23. The van der Waals surface area contributed by atoms with Crippen molar-refractivity contribution in [3.63, 3.8) is 0 Å². The number of likely N-dealkylation sites (N-methyl/N-ethyl adjacent to an activating group) is 1. The van der Waals surface area contributed by atoms with Crippen LogP contribution in [0, 0.1) is 5.92 Å². The summed E-state index contributed by atoms with van der Waals surface area (Å²) in [5.41, 5.74) is -0.916. The molecular formula is C27H40ClN3O8. The Balaban J connectivity index is 0.000000349. The molecular weight excluding hydrogens is 530 g/mol. The number of aliphatic hydroxyl groups is 1. The lowest BCUT2D eigenvalue weighted by atomic mass is 9.88. The summed E-state index contributed by atoms with van der Waals surface area (Å²) in [5.74, 6) is -4.16. The zero-order valence-corrected chi connectivity index (χ0v) is 23.4. The van der Waals surface area contributed by atoms with Crippen molar-refractivity contribution >= 4 is 41.1 Å². The van der Waals surface area contributed by atoms with Crippen LogP contribution < -0.4 is 4.90 Å². The third-order valence-electron chi connectivity index (χ3n) is 7.23. The fourth-order valence-corrected chi connectivity index (χ4v) is 5.17. The fourth-order valence-electron chi connectivity index (χ4n) is 5.00. The number of hydrogen-bond donors (Lipinski definition) is 4. The molecule has 0 aromatic heterocycles. The SMILES string of the molecule is CCN(CC)CCN1CN(CC2CCCCC2)c2ccc(Cl)cc2C1=O.O=C(O)CC(O)(CC(=O)O)C(=O)O. The molecule has 39 heavy (non-hydrogen) atoms. The zero-order valence-electron chi connectivity index (χ0n) is 22.6. The summed E-state index contributed by atoms with van der Waals surface area (Å²) in [6.45, 7) is 9.83. The van der Waals surface area contributed by atoms with Gasteiger partial charge in [0, 0.05) is 24.7 Å². The molecule has 0 unspecified atom stereocenters. The van der Waals surface area contributed by atoms with Gasteiger partial charge in [0.2, 0.25) is 0 Å². The van der Waals surface area contributed by atoms with E-state index in [9.17, 15) is 19.2 Å². The zero-order chi connectivity index (χ0) is 29.2. The average molecular weight is 570 g/mol. The second-order valence-corrected chi connectivity index (χ2v) is 10.5. The van der Waals surface area contributed by atoms with Crippen LogP contribution in [0.25, 0.3) is 0 Å². The van der Waals surface area contributed by atoms with E-state index in [0.29, 0.717) is 11.7 Å². The fraction of sp³-hybridized carbons (Fsp3) is 0.630. The van der Waals surface area contributed by atoms with Crippen molar-refractivity contribution < 1.29 is 39.6 Å². The van der Waals surface area contributed by atoms with Crippen LogP contribution >= 0.6 is 11.6 Å². The lowest BCUT2D eigenvalue weighted by Gasteiger charge is -2.41. The van der Waals surface area contributed by atoms with E-state index in [1.165, 1.54) is 32.1 Å². The van der Waals surface area contributed by atoms with Gasteiger partial charge in [0.05, 0.1) is 30.8 Å². The van der Waals surface area contributed by atoms with Crippen molar-refractivity contribution in [1.82, 2.24) is 9.80 Å². The number of carboxylic acids is 3. The van der Waals surface area contributed by atoms with Gasteiger partial charge in [0.1, 0.15) is 0 Å². The molecule has 1 aliphatic carbocycles. The molecule has 0 radical (unpaired) electrons. The molecule has 0 bridgehead atoms. The van der Waals surface area contributed by atoms with E-state index in [-0.39, 0.29) is 5.91 Å². The standard InChI is InChI=1S/C21H32ClN3O.C6H8O7/c1-3-23(4-2)12-13-24-16-25(15-17-8-6-5-7-9-17)20-11-10-18(22)14-19(20)21(24)26;7-3(8)1-6(13,5(11)12)2-4(9)10/h10-11,14,17H,3-9,12-13,15-16H2,1-2H3;13H,1-2H2,(H,7,8)(H,9,10)(H,11,12). The van der Waals surface area contributed by atoms with Gasteiger partial charge < -0.3 is 35.1 Å². The van der Waals surface area contributed by atoms with Crippen LogP contribution in [0.1, 0.15) is 69.2 Å². The van der Waals surface area contributed by atoms with E-state index < -0.39 is 36.4 Å². The lowest BCUT2D eigenvalue weighted by molar-refractivity contribution is -0.170.